The Bertz CT molecular complexity index is 650. The molecule has 2 aliphatic rings. The molecule has 7 nitrogen and oxygen atoms in total. The summed E-state index contributed by atoms with van der Waals surface area (Å²) in [5.41, 5.74) is 0.601. The van der Waals surface area contributed by atoms with Crippen molar-refractivity contribution in [3.8, 4) is 0 Å². The molecule has 0 radical (unpaired) electrons. The highest BCUT2D eigenvalue weighted by Gasteiger charge is 2.25. The molecule has 1 aromatic rings. The smallest absolute Gasteiger partial charge is 0.309 e. The van der Waals surface area contributed by atoms with Gasteiger partial charge in [0.25, 0.3) is 5.91 Å². The summed E-state index contributed by atoms with van der Waals surface area (Å²) >= 11 is 0. The number of nitrogens with one attached hydrogen (secondary N) is 2. The number of pyridine rings is 1. The molecular weight excluding hydrogens is 344 g/mol. The van der Waals surface area contributed by atoms with Gasteiger partial charge in [-0.05, 0) is 43.7 Å². The summed E-state index contributed by atoms with van der Waals surface area (Å²) in [4.78, 5) is 42.3. The molecule has 1 saturated heterocycles. The molecule has 1 aliphatic carbocycles. The van der Waals surface area contributed by atoms with Crippen molar-refractivity contribution in [3.05, 3.63) is 30.1 Å². The van der Waals surface area contributed by atoms with Gasteiger partial charge in [0, 0.05) is 38.1 Å². The number of carbonyl (C=O) groups excluding carboxylic acids is 3. The topological polar surface area (TPSA) is 91.4 Å². The summed E-state index contributed by atoms with van der Waals surface area (Å²) in [5, 5.41) is 5.59. The molecule has 1 saturated carbocycles. The van der Waals surface area contributed by atoms with Gasteiger partial charge in [-0.3, -0.25) is 19.4 Å². The van der Waals surface area contributed by atoms with Crippen LogP contribution in [0, 0.1) is 5.92 Å². The van der Waals surface area contributed by atoms with Gasteiger partial charge in [0.15, 0.2) is 0 Å². The Morgan fingerprint density at radius 2 is 1.78 bits per heavy atom. The first-order chi connectivity index (χ1) is 13.1. The van der Waals surface area contributed by atoms with Crippen molar-refractivity contribution in [1.29, 1.82) is 0 Å². The lowest BCUT2D eigenvalue weighted by Crippen LogP contribution is -2.47. The monoisotopic (exact) mass is 372 g/mol. The van der Waals surface area contributed by atoms with E-state index in [9.17, 15) is 14.4 Å². The first kappa shape index (κ1) is 19.3. The molecule has 2 fully saturated rings. The molecule has 2 heterocycles. The Morgan fingerprint density at radius 3 is 2.44 bits per heavy atom. The third kappa shape index (κ3) is 5.52. The van der Waals surface area contributed by atoms with E-state index in [-0.39, 0.29) is 17.9 Å². The number of hydrogen-bond acceptors (Lipinski definition) is 4. The summed E-state index contributed by atoms with van der Waals surface area (Å²) in [6.45, 7) is 1.79. The lowest BCUT2D eigenvalue weighted by molar-refractivity contribution is -0.139. The number of amides is 3. The fraction of sp³-hybridized carbons (Fsp3) is 0.600. The van der Waals surface area contributed by atoms with Crippen LogP contribution in [-0.2, 0) is 9.59 Å². The molecule has 3 rings (SSSR count). The fourth-order valence-corrected chi connectivity index (χ4v) is 3.83. The molecule has 1 aliphatic heterocycles. The zero-order valence-corrected chi connectivity index (χ0v) is 15.7. The van der Waals surface area contributed by atoms with E-state index in [1.54, 1.807) is 24.5 Å². The molecule has 0 atom stereocenters. The van der Waals surface area contributed by atoms with E-state index in [1.807, 2.05) is 4.90 Å². The molecule has 2 N–H and O–H groups in total. The SMILES string of the molecule is O=C(NCC1CCN(C(=O)c2cccnc2)CC1)C(=O)NC1CCCCC1. The first-order valence-corrected chi connectivity index (χ1v) is 9.91. The summed E-state index contributed by atoms with van der Waals surface area (Å²) in [6.07, 6.45) is 10.2. The van der Waals surface area contributed by atoms with E-state index >= 15 is 0 Å². The number of rotatable bonds is 4. The second kappa shape index (κ2) is 9.48. The predicted molar refractivity (Wildman–Crippen MR) is 101 cm³/mol. The lowest BCUT2D eigenvalue weighted by Gasteiger charge is -2.32. The average molecular weight is 372 g/mol. The Hall–Kier alpha value is -2.44. The minimum atomic E-state index is -0.547. The highest BCUT2D eigenvalue weighted by Crippen LogP contribution is 2.19. The van der Waals surface area contributed by atoms with E-state index in [4.69, 9.17) is 0 Å². The molecule has 146 valence electrons. The van der Waals surface area contributed by atoms with Crippen LogP contribution in [0.25, 0.3) is 0 Å². The van der Waals surface area contributed by atoms with E-state index in [0.29, 0.717) is 25.2 Å². The van der Waals surface area contributed by atoms with Gasteiger partial charge in [0.1, 0.15) is 0 Å². The zero-order chi connectivity index (χ0) is 19.1. The second-order valence-corrected chi connectivity index (χ2v) is 7.50. The van der Waals surface area contributed by atoms with Gasteiger partial charge in [-0.2, -0.15) is 0 Å². The van der Waals surface area contributed by atoms with Gasteiger partial charge in [-0.15, -0.1) is 0 Å². The van der Waals surface area contributed by atoms with Crippen LogP contribution in [0.1, 0.15) is 55.3 Å². The van der Waals surface area contributed by atoms with Crippen LogP contribution >= 0.6 is 0 Å². The van der Waals surface area contributed by atoms with Crippen LogP contribution in [0.15, 0.2) is 24.5 Å². The maximum Gasteiger partial charge on any atom is 0.309 e. The van der Waals surface area contributed by atoms with Gasteiger partial charge in [-0.25, -0.2) is 0 Å². The van der Waals surface area contributed by atoms with Crippen LogP contribution in [0.5, 0.6) is 0 Å². The van der Waals surface area contributed by atoms with Gasteiger partial charge in [0.05, 0.1) is 5.56 Å². The van der Waals surface area contributed by atoms with Gasteiger partial charge < -0.3 is 15.5 Å². The van der Waals surface area contributed by atoms with Crippen molar-refractivity contribution in [1.82, 2.24) is 20.5 Å². The largest absolute Gasteiger partial charge is 0.348 e. The van der Waals surface area contributed by atoms with Crippen molar-refractivity contribution < 1.29 is 14.4 Å². The Labute approximate surface area is 159 Å². The summed E-state index contributed by atoms with van der Waals surface area (Å²) in [7, 11) is 0. The van der Waals surface area contributed by atoms with Gasteiger partial charge in [0.2, 0.25) is 0 Å². The molecule has 3 amide bonds. The van der Waals surface area contributed by atoms with Crippen molar-refractivity contribution in [2.75, 3.05) is 19.6 Å². The third-order valence-electron chi connectivity index (χ3n) is 5.51. The van der Waals surface area contributed by atoms with E-state index in [2.05, 4.69) is 15.6 Å². The highest BCUT2D eigenvalue weighted by atomic mass is 16.2. The van der Waals surface area contributed by atoms with E-state index in [0.717, 1.165) is 38.5 Å². The molecule has 1 aromatic heterocycles. The van der Waals surface area contributed by atoms with E-state index in [1.165, 1.54) is 6.42 Å². The molecule has 7 heteroatoms. The number of nitrogens with zero attached hydrogens (tertiary/aromatic N) is 2. The fourth-order valence-electron chi connectivity index (χ4n) is 3.83. The Balaban J connectivity index is 1.37. The van der Waals surface area contributed by atoms with E-state index < -0.39 is 11.8 Å². The predicted octanol–water partition coefficient (Wildman–Crippen LogP) is 1.50. The molecule has 0 bridgehead atoms. The van der Waals surface area contributed by atoms with Crippen LogP contribution in [-0.4, -0.2) is 53.3 Å². The summed E-state index contributed by atoms with van der Waals surface area (Å²) < 4.78 is 0. The standard InChI is InChI=1S/C20H28N4O3/c25-18(19(26)23-17-6-2-1-3-7-17)22-13-15-8-11-24(12-9-15)20(27)16-5-4-10-21-14-16/h4-5,10,14-15,17H,1-3,6-9,11-13H2,(H,22,25)(H,23,26). The average Bonchev–Trinajstić information content (AvgIpc) is 2.73. The Kier molecular flexibility index (Phi) is 6.79. The molecule has 0 aromatic carbocycles. The zero-order valence-electron chi connectivity index (χ0n) is 15.7. The number of likely N-dealkylation sites (tertiary alicyclic amines) is 1. The number of aromatic nitrogens is 1. The van der Waals surface area contributed by atoms with Gasteiger partial charge >= 0.3 is 11.8 Å². The van der Waals surface area contributed by atoms with Crippen molar-refractivity contribution >= 4 is 17.7 Å². The molecule has 0 unspecified atom stereocenters. The van der Waals surface area contributed by atoms with Crippen molar-refractivity contribution in [2.24, 2.45) is 5.92 Å². The van der Waals surface area contributed by atoms with Crippen LogP contribution in [0.2, 0.25) is 0 Å². The normalized spacial score (nSPS) is 18.7. The molecule has 27 heavy (non-hydrogen) atoms. The minimum absolute atomic E-state index is 0.00237. The lowest BCUT2D eigenvalue weighted by atomic mass is 9.95. The first-order valence-electron chi connectivity index (χ1n) is 9.91. The Morgan fingerprint density at radius 1 is 1.04 bits per heavy atom. The van der Waals surface area contributed by atoms with Crippen molar-refractivity contribution in [2.45, 2.75) is 51.0 Å². The summed E-state index contributed by atoms with van der Waals surface area (Å²) in [6, 6.07) is 3.67. The third-order valence-corrected chi connectivity index (χ3v) is 5.51. The van der Waals surface area contributed by atoms with Crippen LogP contribution in [0.3, 0.4) is 0 Å². The second-order valence-electron chi connectivity index (χ2n) is 7.50. The quantitative estimate of drug-likeness (QED) is 0.784. The van der Waals surface area contributed by atoms with Crippen LogP contribution < -0.4 is 10.6 Å². The summed E-state index contributed by atoms with van der Waals surface area (Å²) in [5.74, 6) is -0.785. The van der Waals surface area contributed by atoms with Crippen LogP contribution in [0.4, 0.5) is 0 Å². The van der Waals surface area contributed by atoms with Crippen molar-refractivity contribution in [3.63, 3.8) is 0 Å². The minimum Gasteiger partial charge on any atom is -0.348 e. The van der Waals surface area contributed by atoms with Gasteiger partial charge in [-0.1, -0.05) is 19.3 Å². The molecular formula is C20H28N4O3. The maximum absolute atomic E-state index is 12.4. The number of hydrogen-bond donors (Lipinski definition) is 2. The molecule has 0 spiro atoms. The highest BCUT2D eigenvalue weighted by molar-refractivity contribution is 6.35. The maximum atomic E-state index is 12.4. The number of piperidine rings is 1. The number of carbonyl (C=O) groups is 3.